The Morgan fingerprint density at radius 1 is 1.12 bits per heavy atom. The molecule has 1 heterocycles. The van der Waals surface area contributed by atoms with Crippen molar-refractivity contribution in [3.05, 3.63) is 28.3 Å². The van der Waals surface area contributed by atoms with Gasteiger partial charge in [-0.3, -0.25) is 15.0 Å². The summed E-state index contributed by atoms with van der Waals surface area (Å²) in [6.45, 7) is 5.43. The summed E-state index contributed by atoms with van der Waals surface area (Å²) >= 11 is 0. The molecule has 0 unspecified atom stereocenters. The zero-order valence-corrected chi connectivity index (χ0v) is 15.8. The number of primary sulfonamides is 1. The van der Waals surface area contributed by atoms with Crippen LogP contribution in [0, 0.1) is 16.0 Å². The van der Waals surface area contributed by atoms with Crippen molar-refractivity contribution in [1.82, 2.24) is 4.90 Å². The van der Waals surface area contributed by atoms with E-state index in [-0.39, 0.29) is 10.6 Å². The molecule has 2 N–H and O–H groups in total. The molecule has 3 rings (SSSR count). The predicted molar refractivity (Wildman–Crippen MR) is 99.7 cm³/mol. The quantitative estimate of drug-likeness (QED) is 0.629. The topological polar surface area (TPSA) is 110 Å². The highest BCUT2D eigenvalue weighted by Gasteiger charge is 2.29. The van der Waals surface area contributed by atoms with E-state index in [0.29, 0.717) is 24.8 Å². The van der Waals surface area contributed by atoms with Crippen LogP contribution in [0.15, 0.2) is 23.1 Å². The molecule has 0 spiro atoms. The third kappa shape index (κ3) is 4.16. The average Bonchev–Trinajstić information content (AvgIpc) is 2.61. The van der Waals surface area contributed by atoms with Crippen molar-refractivity contribution in [2.75, 3.05) is 31.1 Å². The zero-order chi connectivity index (χ0) is 18.9. The number of nitrogens with zero attached hydrogens (tertiary/aromatic N) is 3. The minimum Gasteiger partial charge on any atom is -0.363 e. The van der Waals surface area contributed by atoms with Gasteiger partial charge in [-0.25, -0.2) is 13.6 Å². The zero-order valence-electron chi connectivity index (χ0n) is 15.0. The molecule has 1 aliphatic carbocycles. The van der Waals surface area contributed by atoms with Crippen LogP contribution in [0.25, 0.3) is 0 Å². The minimum absolute atomic E-state index is 0.212. The van der Waals surface area contributed by atoms with E-state index < -0.39 is 14.9 Å². The Bertz CT molecular complexity index is 767. The Balaban J connectivity index is 1.72. The van der Waals surface area contributed by atoms with E-state index in [0.717, 1.165) is 25.1 Å². The first-order valence-electron chi connectivity index (χ1n) is 9.06. The van der Waals surface area contributed by atoms with Crippen LogP contribution in [0.4, 0.5) is 11.4 Å². The van der Waals surface area contributed by atoms with Crippen LogP contribution >= 0.6 is 0 Å². The Kier molecular flexibility index (Phi) is 5.50. The van der Waals surface area contributed by atoms with Crippen molar-refractivity contribution in [3.8, 4) is 0 Å². The summed E-state index contributed by atoms with van der Waals surface area (Å²) in [4.78, 5) is 15.1. The summed E-state index contributed by atoms with van der Waals surface area (Å²) in [5.41, 5.74) is 0.246. The monoisotopic (exact) mass is 382 g/mol. The smallest absolute Gasteiger partial charge is 0.293 e. The molecule has 2 fully saturated rings. The number of hydrogen-bond acceptors (Lipinski definition) is 6. The average molecular weight is 382 g/mol. The maximum absolute atomic E-state index is 11.5. The Labute approximate surface area is 154 Å². The lowest BCUT2D eigenvalue weighted by atomic mass is 9.86. The van der Waals surface area contributed by atoms with Crippen LogP contribution in [0.1, 0.15) is 32.6 Å². The second-order valence-electron chi connectivity index (χ2n) is 7.39. The summed E-state index contributed by atoms with van der Waals surface area (Å²) in [5.74, 6) is 0.813. The summed E-state index contributed by atoms with van der Waals surface area (Å²) in [7, 11) is -3.97. The van der Waals surface area contributed by atoms with Crippen LogP contribution in [0.2, 0.25) is 0 Å². The van der Waals surface area contributed by atoms with Crippen LogP contribution < -0.4 is 10.0 Å². The van der Waals surface area contributed by atoms with Crippen molar-refractivity contribution in [3.63, 3.8) is 0 Å². The van der Waals surface area contributed by atoms with E-state index >= 15 is 0 Å². The lowest BCUT2D eigenvalue weighted by Crippen LogP contribution is -2.51. The Morgan fingerprint density at radius 2 is 1.73 bits per heavy atom. The number of benzene rings is 1. The van der Waals surface area contributed by atoms with Crippen LogP contribution in [-0.4, -0.2) is 50.5 Å². The first kappa shape index (κ1) is 19.1. The molecule has 1 aliphatic heterocycles. The van der Waals surface area contributed by atoms with Gasteiger partial charge < -0.3 is 4.90 Å². The van der Waals surface area contributed by atoms with E-state index in [4.69, 9.17) is 5.14 Å². The lowest BCUT2D eigenvalue weighted by Gasteiger charge is -2.42. The molecule has 1 aromatic rings. The second kappa shape index (κ2) is 7.50. The largest absolute Gasteiger partial charge is 0.363 e. The van der Waals surface area contributed by atoms with Gasteiger partial charge in [0.05, 0.1) is 9.82 Å². The van der Waals surface area contributed by atoms with Gasteiger partial charge in [0, 0.05) is 38.3 Å². The fourth-order valence-electron chi connectivity index (χ4n) is 4.03. The number of nitro benzene ring substituents is 1. The van der Waals surface area contributed by atoms with Gasteiger partial charge in [-0.2, -0.15) is 0 Å². The predicted octanol–water partition coefficient (Wildman–Crippen LogP) is 1.94. The molecular weight excluding hydrogens is 356 g/mol. The molecule has 8 nitrogen and oxygen atoms in total. The normalized spacial score (nSPS) is 25.2. The van der Waals surface area contributed by atoms with E-state index in [1.165, 1.54) is 37.8 Å². The van der Waals surface area contributed by atoms with Crippen molar-refractivity contribution in [1.29, 1.82) is 0 Å². The van der Waals surface area contributed by atoms with Gasteiger partial charge in [0.25, 0.3) is 5.69 Å². The first-order chi connectivity index (χ1) is 12.3. The number of sulfonamides is 1. The molecule has 2 aliphatic rings. The van der Waals surface area contributed by atoms with E-state index in [9.17, 15) is 18.5 Å². The highest BCUT2D eigenvalue weighted by molar-refractivity contribution is 7.89. The Hall–Kier alpha value is -1.71. The SMILES string of the molecule is CC1CCC(N2CCN(c3ccc(S(N)(=O)=O)cc3[N+](=O)[O-])CC2)CC1. The molecule has 0 radical (unpaired) electrons. The van der Waals surface area contributed by atoms with Gasteiger partial charge in [0.15, 0.2) is 0 Å². The second-order valence-corrected chi connectivity index (χ2v) is 8.95. The van der Waals surface area contributed by atoms with Gasteiger partial charge >= 0.3 is 0 Å². The van der Waals surface area contributed by atoms with Crippen LogP contribution in [0.3, 0.4) is 0 Å². The summed E-state index contributed by atoms with van der Waals surface area (Å²) in [6.07, 6.45) is 4.99. The molecule has 144 valence electrons. The van der Waals surface area contributed by atoms with Crippen molar-refractivity contribution < 1.29 is 13.3 Å². The number of rotatable bonds is 4. The van der Waals surface area contributed by atoms with Crippen molar-refractivity contribution in [2.24, 2.45) is 11.1 Å². The van der Waals surface area contributed by atoms with E-state index in [2.05, 4.69) is 11.8 Å². The third-order valence-corrected chi connectivity index (χ3v) is 6.54. The highest BCUT2D eigenvalue weighted by Crippen LogP contribution is 2.33. The standard InChI is InChI=1S/C17H26N4O4S/c1-13-2-4-14(5-3-13)19-8-10-20(11-9-19)16-7-6-15(26(18,24)25)12-17(16)21(22)23/h6-7,12-14H,2-5,8-11H2,1H3,(H2,18,24,25). The first-order valence-corrected chi connectivity index (χ1v) is 10.6. The number of hydrogen-bond donors (Lipinski definition) is 1. The van der Waals surface area contributed by atoms with Crippen LogP contribution in [-0.2, 0) is 10.0 Å². The number of anilines is 1. The molecule has 1 aromatic carbocycles. The number of nitrogens with two attached hydrogens (primary N) is 1. The third-order valence-electron chi connectivity index (χ3n) is 5.63. The summed E-state index contributed by atoms with van der Waals surface area (Å²) < 4.78 is 22.9. The molecule has 0 bridgehead atoms. The van der Waals surface area contributed by atoms with Gasteiger partial charge in [-0.05, 0) is 43.7 Å². The lowest BCUT2D eigenvalue weighted by molar-refractivity contribution is -0.384. The number of nitro groups is 1. The molecule has 0 aromatic heterocycles. The van der Waals surface area contributed by atoms with Crippen molar-refractivity contribution >= 4 is 21.4 Å². The maximum Gasteiger partial charge on any atom is 0.293 e. The number of piperazine rings is 1. The van der Waals surface area contributed by atoms with E-state index in [1.807, 2.05) is 4.90 Å². The van der Waals surface area contributed by atoms with E-state index in [1.54, 1.807) is 0 Å². The molecule has 1 saturated carbocycles. The highest BCUT2D eigenvalue weighted by atomic mass is 32.2. The molecular formula is C17H26N4O4S. The molecule has 26 heavy (non-hydrogen) atoms. The maximum atomic E-state index is 11.5. The molecule has 9 heteroatoms. The fraction of sp³-hybridized carbons (Fsp3) is 0.647. The summed E-state index contributed by atoms with van der Waals surface area (Å²) in [6, 6.07) is 4.51. The van der Waals surface area contributed by atoms with Crippen LogP contribution in [0.5, 0.6) is 0 Å². The molecule has 0 atom stereocenters. The van der Waals surface area contributed by atoms with Gasteiger partial charge in [0.2, 0.25) is 10.0 Å². The fourth-order valence-corrected chi connectivity index (χ4v) is 4.56. The minimum atomic E-state index is -3.97. The Morgan fingerprint density at radius 3 is 2.27 bits per heavy atom. The van der Waals surface area contributed by atoms with Gasteiger partial charge in [-0.15, -0.1) is 0 Å². The van der Waals surface area contributed by atoms with Crippen molar-refractivity contribution in [2.45, 2.75) is 43.5 Å². The summed E-state index contributed by atoms with van der Waals surface area (Å²) in [5, 5.41) is 16.5. The van der Waals surface area contributed by atoms with Gasteiger partial charge in [0.1, 0.15) is 5.69 Å². The molecule has 0 amide bonds. The molecule has 1 saturated heterocycles. The van der Waals surface area contributed by atoms with Gasteiger partial charge in [-0.1, -0.05) is 6.92 Å².